The van der Waals surface area contributed by atoms with Crippen LogP contribution < -0.4 is 10.1 Å². The highest BCUT2D eigenvalue weighted by Crippen LogP contribution is 2.21. The lowest BCUT2D eigenvalue weighted by atomic mass is 10.1. The summed E-state index contributed by atoms with van der Waals surface area (Å²) < 4.78 is 7.93. The predicted molar refractivity (Wildman–Crippen MR) is 111 cm³/mol. The standard InChI is InChI=1S/C23H22N4O2/c1-16-7-6-12-27-14-19(26-22(16)27)15-29-21-10-4-3-9-20(21)23(28)25-17(2)18-8-5-11-24-13-18/h3-14,17H,15H2,1-2H3,(H,25,28). The van der Waals surface area contributed by atoms with Crippen molar-refractivity contribution in [3.8, 4) is 5.75 Å². The summed E-state index contributed by atoms with van der Waals surface area (Å²) in [7, 11) is 0. The number of aryl methyl sites for hydroxylation is 1. The van der Waals surface area contributed by atoms with Crippen molar-refractivity contribution in [2.45, 2.75) is 26.5 Å². The van der Waals surface area contributed by atoms with Crippen LogP contribution in [0, 0.1) is 6.92 Å². The summed E-state index contributed by atoms with van der Waals surface area (Å²) >= 11 is 0. The van der Waals surface area contributed by atoms with Crippen LogP contribution in [-0.2, 0) is 6.61 Å². The van der Waals surface area contributed by atoms with Crippen molar-refractivity contribution in [3.05, 3.63) is 95.7 Å². The van der Waals surface area contributed by atoms with Crippen LogP contribution in [0.3, 0.4) is 0 Å². The van der Waals surface area contributed by atoms with Gasteiger partial charge in [0, 0.05) is 24.8 Å². The van der Waals surface area contributed by atoms with Gasteiger partial charge in [0.1, 0.15) is 18.0 Å². The van der Waals surface area contributed by atoms with Crippen molar-refractivity contribution in [1.29, 1.82) is 0 Å². The van der Waals surface area contributed by atoms with E-state index in [0.29, 0.717) is 11.3 Å². The Hall–Kier alpha value is -3.67. The Morgan fingerprint density at radius 1 is 1.17 bits per heavy atom. The van der Waals surface area contributed by atoms with Crippen LogP contribution in [-0.4, -0.2) is 20.3 Å². The zero-order valence-electron chi connectivity index (χ0n) is 16.4. The summed E-state index contributed by atoms with van der Waals surface area (Å²) in [6, 6.07) is 14.9. The Kier molecular flexibility index (Phi) is 5.24. The highest BCUT2D eigenvalue weighted by atomic mass is 16.5. The highest BCUT2D eigenvalue weighted by molar-refractivity contribution is 5.97. The Labute approximate surface area is 169 Å². The molecule has 6 heteroatoms. The molecule has 1 atom stereocenters. The van der Waals surface area contributed by atoms with Gasteiger partial charge < -0.3 is 14.5 Å². The van der Waals surface area contributed by atoms with Crippen LogP contribution in [0.5, 0.6) is 5.75 Å². The second kappa shape index (κ2) is 8.14. The number of aromatic nitrogens is 3. The van der Waals surface area contributed by atoms with E-state index in [1.807, 2.05) is 67.0 Å². The number of carbonyl (C=O) groups is 1. The number of imidazole rings is 1. The van der Waals surface area contributed by atoms with Crippen LogP contribution in [0.4, 0.5) is 0 Å². The fourth-order valence-corrected chi connectivity index (χ4v) is 3.20. The first kappa shape index (κ1) is 18.7. The Bertz CT molecular complexity index is 1140. The first-order valence-electron chi connectivity index (χ1n) is 9.47. The van der Waals surface area contributed by atoms with Crippen molar-refractivity contribution in [2.24, 2.45) is 0 Å². The maximum absolute atomic E-state index is 12.8. The molecular formula is C23H22N4O2. The minimum absolute atomic E-state index is 0.161. The first-order chi connectivity index (χ1) is 14.1. The molecule has 6 nitrogen and oxygen atoms in total. The van der Waals surface area contributed by atoms with Crippen molar-refractivity contribution >= 4 is 11.6 Å². The molecule has 0 aliphatic heterocycles. The van der Waals surface area contributed by atoms with Gasteiger partial charge in [-0.25, -0.2) is 4.98 Å². The van der Waals surface area contributed by atoms with E-state index in [-0.39, 0.29) is 18.6 Å². The van der Waals surface area contributed by atoms with E-state index in [9.17, 15) is 4.79 Å². The summed E-state index contributed by atoms with van der Waals surface area (Å²) in [6.45, 7) is 4.23. The van der Waals surface area contributed by atoms with E-state index in [0.717, 1.165) is 22.5 Å². The number of ether oxygens (including phenoxy) is 1. The Balaban J connectivity index is 1.49. The third kappa shape index (κ3) is 4.11. The lowest BCUT2D eigenvalue weighted by molar-refractivity contribution is 0.0935. The smallest absolute Gasteiger partial charge is 0.255 e. The summed E-state index contributed by atoms with van der Waals surface area (Å²) in [5, 5.41) is 3.00. The molecule has 0 radical (unpaired) electrons. The quantitative estimate of drug-likeness (QED) is 0.541. The molecule has 0 saturated heterocycles. The number of nitrogens with one attached hydrogen (secondary N) is 1. The van der Waals surface area contributed by atoms with E-state index in [4.69, 9.17) is 4.74 Å². The first-order valence-corrected chi connectivity index (χ1v) is 9.47. The second-order valence-electron chi connectivity index (χ2n) is 6.92. The molecule has 1 aromatic carbocycles. The molecule has 0 aliphatic carbocycles. The number of fused-ring (bicyclic) bond motifs is 1. The van der Waals surface area contributed by atoms with Gasteiger partial charge in [-0.15, -0.1) is 0 Å². The minimum Gasteiger partial charge on any atom is -0.486 e. The van der Waals surface area contributed by atoms with E-state index in [1.54, 1.807) is 24.5 Å². The van der Waals surface area contributed by atoms with Crippen LogP contribution >= 0.6 is 0 Å². The highest BCUT2D eigenvalue weighted by Gasteiger charge is 2.16. The van der Waals surface area contributed by atoms with Crippen LogP contribution in [0.25, 0.3) is 5.65 Å². The number of nitrogens with zero attached hydrogens (tertiary/aromatic N) is 3. The molecule has 0 saturated carbocycles. The van der Waals surface area contributed by atoms with Gasteiger partial charge in [-0.3, -0.25) is 9.78 Å². The maximum atomic E-state index is 12.8. The molecule has 0 spiro atoms. The number of carbonyl (C=O) groups excluding carboxylic acids is 1. The lowest BCUT2D eigenvalue weighted by Crippen LogP contribution is -2.27. The summed E-state index contributed by atoms with van der Waals surface area (Å²) in [5.74, 6) is 0.333. The molecule has 1 unspecified atom stereocenters. The van der Waals surface area contributed by atoms with E-state index in [2.05, 4.69) is 15.3 Å². The number of para-hydroxylation sites is 1. The molecule has 3 heterocycles. The van der Waals surface area contributed by atoms with Crippen LogP contribution in [0.15, 0.2) is 73.3 Å². The Morgan fingerprint density at radius 3 is 2.83 bits per heavy atom. The number of hydrogen-bond donors (Lipinski definition) is 1. The van der Waals surface area contributed by atoms with Crippen molar-refractivity contribution in [3.63, 3.8) is 0 Å². The van der Waals surface area contributed by atoms with E-state index >= 15 is 0 Å². The van der Waals surface area contributed by atoms with Gasteiger partial charge in [-0.1, -0.05) is 24.3 Å². The molecule has 146 valence electrons. The molecule has 1 N–H and O–H groups in total. The van der Waals surface area contributed by atoms with Gasteiger partial charge in [0.25, 0.3) is 5.91 Å². The minimum atomic E-state index is -0.192. The van der Waals surface area contributed by atoms with Gasteiger partial charge in [-0.05, 0) is 49.2 Å². The number of hydrogen-bond acceptors (Lipinski definition) is 4. The molecule has 0 bridgehead atoms. The monoisotopic (exact) mass is 386 g/mol. The number of rotatable bonds is 6. The second-order valence-corrected chi connectivity index (χ2v) is 6.92. The number of benzene rings is 1. The largest absolute Gasteiger partial charge is 0.486 e. The predicted octanol–water partition coefficient (Wildman–Crippen LogP) is 4.11. The van der Waals surface area contributed by atoms with Gasteiger partial charge in [0.15, 0.2) is 0 Å². The summed E-state index contributed by atoms with van der Waals surface area (Å²) in [6.07, 6.45) is 7.36. The van der Waals surface area contributed by atoms with Gasteiger partial charge in [0.05, 0.1) is 17.3 Å². The third-order valence-electron chi connectivity index (χ3n) is 4.77. The third-order valence-corrected chi connectivity index (χ3v) is 4.77. The lowest BCUT2D eigenvalue weighted by Gasteiger charge is -2.16. The molecule has 29 heavy (non-hydrogen) atoms. The number of pyridine rings is 2. The Morgan fingerprint density at radius 2 is 2.03 bits per heavy atom. The topological polar surface area (TPSA) is 68.5 Å². The van der Waals surface area contributed by atoms with Crippen LogP contribution in [0.2, 0.25) is 0 Å². The molecule has 1 amide bonds. The van der Waals surface area contributed by atoms with Gasteiger partial charge in [-0.2, -0.15) is 0 Å². The molecule has 4 rings (SSSR count). The molecule has 0 aliphatic rings. The van der Waals surface area contributed by atoms with E-state index in [1.165, 1.54) is 0 Å². The normalized spacial score (nSPS) is 11.9. The van der Waals surface area contributed by atoms with Gasteiger partial charge >= 0.3 is 0 Å². The fourth-order valence-electron chi connectivity index (χ4n) is 3.20. The number of amides is 1. The molecular weight excluding hydrogens is 364 g/mol. The maximum Gasteiger partial charge on any atom is 0.255 e. The van der Waals surface area contributed by atoms with Crippen molar-refractivity contribution in [2.75, 3.05) is 0 Å². The average Bonchev–Trinajstić information content (AvgIpc) is 3.17. The zero-order chi connectivity index (χ0) is 20.2. The fraction of sp³-hybridized carbons (Fsp3) is 0.174. The SMILES string of the molecule is Cc1cccn2cc(COc3ccccc3C(=O)NC(C)c3cccnc3)nc12. The van der Waals surface area contributed by atoms with Crippen molar-refractivity contribution < 1.29 is 9.53 Å². The van der Waals surface area contributed by atoms with Gasteiger partial charge in [0.2, 0.25) is 0 Å². The zero-order valence-corrected chi connectivity index (χ0v) is 16.4. The average molecular weight is 386 g/mol. The van der Waals surface area contributed by atoms with E-state index < -0.39 is 0 Å². The van der Waals surface area contributed by atoms with Crippen LogP contribution in [0.1, 0.15) is 40.1 Å². The molecule has 0 fully saturated rings. The summed E-state index contributed by atoms with van der Waals surface area (Å²) in [5.41, 5.74) is 4.24. The molecule has 4 aromatic rings. The summed E-state index contributed by atoms with van der Waals surface area (Å²) in [4.78, 5) is 21.5. The van der Waals surface area contributed by atoms with Crippen molar-refractivity contribution in [1.82, 2.24) is 19.7 Å². The molecule has 3 aromatic heterocycles.